The first-order chi connectivity index (χ1) is 9.52. The monoisotopic (exact) mass is 405 g/mol. The fourth-order valence-corrected chi connectivity index (χ4v) is 2.74. The molecule has 0 unspecified atom stereocenters. The summed E-state index contributed by atoms with van der Waals surface area (Å²) < 4.78 is 1.67. The molecule has 5 N–H and O–H groups in total. The van der Waals surface area contributed by atoms with Crippen molar-refractivity contribution >= 4 is 41.1 Å². The Morgan fingerprint density at radius 2 is 2.29 bits per heavy atom. The molecule has 21 heavy (non-hydrogen) atoms. The molecule has 1 saturated carbocycles. The van der Waals surface area contributed by atoms with Crippen LogP contribution in [-0.4, -0.2) is 42.4 Å². The number of nitrogens with one attached hydrogen (secondary N) is 1. The minimum atomic E-state index is -0.672. The van der Waals surface area contributed by atoms with E-state index in [-0.39, 0.29) is 54.0 Å². The smallest absolute Gasteiger partial charge is 0.280 e. The van der Waals surface area contributed by atoms with Gasteiger partial charge in [0, 0.05) is 5.92 Å². The zero-order chi connectivity index (χ0) is 14.4. The summed E-state index contributed by atoms with van der Waals surface area (Å²) in [5.74, 6) is -0.371. The Bertz CT molecular complexity index is 740. The van der Waals surface area contributed by atoms with Crippen LogP contribution in [0.4, 0.5) is 5.95 Å². The number of aliphatic hydroxyl groups excluding tert-OH is 2. The largest absolute Gasteiger partial charge is 0.396 e. The highest BCUT2D eigenvalue weighted by atomic mass is 127. The highest BCUT2D eigenvalue weighted by Gasteiger charge is 2.37. The predicted octanol–water partition coefficient (Wildman–Crippen LogP) is -0.210. The molecular weight excluding hydrogens is 389 g/mol. The highest BCUT2D eigenvalue weighted by molar-refractivity contribution is 14.0. The van der Waals surface area contributed by atoms with Gasteiger partial charge in [-0.1, -0.05) is 6.58 Å². The van der Waals surface area contributed by atoms with Gasteiger partial charge in [0.15, 0.2) is 11.2 Å². The number of halogens is 1. The zero-order valence-electron chi connectivity index (χ0n) is 11.1. The second kappa shape index (κ2) is 5.73. The number of nitrogens with zero attached hydrogens (tertiary/aromatic N) is 3. The van der Waals surface area contributed by atoms with Crippen molar-refractivity contribution in [1.82, 2.24) is 19.5 Å². The Labute approximate surface area is 136 Å². The molecule has 1 fully saturated rings. The highest BCUT2D eigenvalue weighted by Crippen LogP contribution is 2.39. The molecule has 3 rings (SSSR count). The second-order valence-electron chi connectivity index (χ2n) is 4.96. The summed E-state index contributed by atoms with van der Waals surface area (Å²) in [7, 11) is 0. The maximum Gasteiger partial charge on any atom is 0.280 e. The van der Waals surface area contributed by atoms with E-state index < -0.39 is 11.7 Å². The molecule has 0 radical (unpaired) electrons. The summed E-state index contributed by atoms with van der Waals surface area (Å²) in [6.45, 7) is 3.76. The number of aromatic nitrogens is 4. The van der Waals surface area contributed by atoms with E-state index >= 15 is 0 Å². The van der Waals surface area contributed by atoms with Crippen molar-refractivity contribution in [1.29, 1.82) is 0 Å². The Hall–Kier alpha value is -1.46. The first-order valence-corrected chi connectivity index (χ1v) is 6.23. The molecule has 2 aromatic heterocycles. The number of aromatic amines is 1. The number of imidazole rings is 1. The van der Waals surface area contributed by atoms with E-state index in [0.717, 1.165) is 0 Å². The van der Waals surface area contributed by atoms with E-state index in [1.807, 2.05) is 0 Å². The van der Waals surface area contributed by atoms with Gasteiger partial charge in [0.25, 0.3) is 5.56 Å². The number of aliphatic hydroxyl groups is 2. The Morgan fingerprint density at radius 1 is 1.57 bits per heavy atom. The summed E-state index contributed by atoms with van der Waals surface area (Å²) >= 11 is 0. The molecular formula is C12H16IN5O3. The van der Waals surface area contributed by atoms with Gasteiger partial charge in [-0.2, -0.15) is 4.98 Å². The lowest BCUT2D eigenvalue weighted by atomic mass is 10.0. The predicted molar refractivity (Wildman–Crippen MR) is 87.4 cm³/mol. The molecule has 0 spiro atoms. The molecule has 0 bridgehead atoms. The number of fused-ring (bicyclic) bond motifs is 1. The molecule has 1 aliphatic carbocycles. The van der Waals surface area contributed by atoms with Crippen LogP contribution in [0, 0.1) is 5.92 Å². The summed E-state index contributed by atoms with van der Waals surface area (Å²) in [6, 6.07) is -0.263. The van der Waals surface area contributed by atoms with Crippen molar-refractivity contribution in [3.63, 3.8) is 0 Å². The van der Waals surface area contributed by atoms with Gasteiger partial charge in [0.2, 0.25) is 5.95 Å². The van der Waals surface area contributed by atoms with Crippen LogP contribution in [0.5, 0.6) is 0 Å². The first-order valence-electron chi connectivity index (χ1n) is 6.23. The van der Waals surface area contributed by atoms with Crippen LogP contribution < -0.4 is 11.3 Å². The lowest BCUT2D eigenvalue weighted by molar-refractivity contribution is 0.101. The fourth-order valence-electron chi connectivity index (χ4n) is 2.74. The fraction of sp³-hybridized carbons (Fsp3) is 0.417. The number of nitrogens with two attached hydrogens (primary N) is 1. The van der Waals surface area contributed by atoms with Gasteiger partial charge in [0.05, 0.1) is 25.1 Å². The van der Waals surface area contributed by atoms with Gasteiger partial charge < -0.3 is 20.5 Å². The molecule has 0 aliphatic heterocycles. The average molecular weight is 405 g/mol. The summed E-state index contributed by atoms with van der Waals surface area (Å²) in [4.78, 5) is 22.2. The first kappa shape index (κ1) is 15.9. The van der Waals surface area contributed by atoms with Crippen LogP contribution in [0.25, 0.3) is 11.2 Å². The molecule has 1 aliphatic rings. The maximum atomic E-state index is 11.7. The van der Waals surface area contributed by atoms with Gasteiger partial charge in [-0.15, -0.1) is 24.0 Å². The second-order valence-corrected chi connectivity index (χ2v) is 4.96. The quantitative estimate of drug-likeness (QED) is 0.404. The van der Waals surface area contributed by atoms with Crippen molar-refractivity contribution in [2.45, 2.75) is 18.6 Å². The minimum Gasteiger partial charge on any atom is -0.396 e. The minimum absolute atomic E-state index is 0. The van der Waals surface area contributed by atoms with Crippen LogP contribution in [-0.2, 0) is 0 Å². The van der Waals surface area contributed by atoms with E-state index in [9.17, 15) is 15.0 Å². The third-order valence-electron chi connectivity index (χ3n) is 3.82. The van der Waals surface area contributed by atoms with E-state index in [0.29, 0.717) is 17.6 Å². The number of hydrogen-bond acceptors (Lipinski definition) is 6. The molecule has 2 aromatic rings. The van der Waals surface area contributed by atoms with Crippen molar-refractivity contribution in [2.75, 3.05) is 12.3 Å². The van der Waals surface area contributed by atoms with Crippen molar-refractivity contribution in [3.8, 4) is 0 Å². The van der Waals surface area contributed by atoms with Crippen molar-refractivity contribution in [3.05, 3.63) is 28.8 Å². The van der Waals surface area contributed by atoms with E-state index in [1.165, 1.54) is 6.33 Å². The lowest BCUT2D eigenvalue weighted by Crippen LogP contribution is -2.17. The number of nitrogen functional groups attached to an aromatic ring is 1. The van der Waals surface area contributed by atoms with E-state index in [1.54, 1.807) is 4.57 Å². The number of rotatable bonds is 2. The molecule has 0 amide bonds. The topological polar surface area (TPSA) is 130 Å². The molecule has 3 atom stereocenters. The van der Waals surface area contributed by atoms with Gasteiger partial charge in [0.1, 0.15) is 0 Å². The molecule has 9 heteroatoms. The molecule has 0 saturated heterocycles. The van der Waals surface area contributed by atoms with Gasteiger partial charge in [-0.25, -0.2) is 4.98 Å². The Balaban J connectivity index is 0.00000161. The van der Waals surface area contributed by atoms with Crippen LogP contribution in [0.1, 0.15) is 12.5 Å². The zero-order valence-corrected chi connectivity index (χ0v) is 13.4. The lowest BCUT2D eigenvalue weighted by Gasteiger charge is -2.15. The third-order valence-corrected chi connectivity index (χ3v) is 3.82. The number of hydrogen-bond donors (Lipinski definition) is 4. The normalized spacial score (nSPS) is 25.2. The van der Waals surface area contributed by atoms with Gasteiger partial charge >= 0.3 is 0 Å². The number of H-pyrrole nitrogens is 1. The third kappa shape index (κ3) is 2.45. The van der Waals surface area contributed by atoms with Crippen LogP contribution in [0.2, 0.25) is 0 Å². The van der Waals surface area contributed by atoms with Crippen LogP contribution >= 0.6 is 24.0 Å². The summed E-state index contributed by atoms with van der Waals surface area (Å²) in [5.41, 5.74) is 6.37. The molecule has 0 aromatic carbocycles. The number of anilines is 1. The molecule has 2 heterocycles. The maximum absolute atomic E-state index is 11.7. The van der Waals surface area contributed by atoms with Crippen molar-refractivity contribution < 1.29 is 10.2 Å². The van der Waals surface area contributed by atoms with Gasteiger partial charge in [-0.05, 0) is 12.0 Å². The Kier molecular flexibility index (Phi) is 4.35. The standard InChI is InChI=1S/C12H15N5O3.HI/c1-5-6(3-18)8(19)2-7(5)17-4-14-9-10(17)15-12(13)16-11(9)20;/h4,6-8,18-19H,1-3H2,(H3,13,15,16,20);1H/t6-,7-,8-;/m0./s1. The molecule has 114 valence electrons. The van der Waals surface area contributed by atoms with Gasteiger partial charge in [-0.3, -0.25) is 9.78 Å². The SMILES string of the molecule is C=C1[C@H](CO)[C@@H](O)C[C@@H]1n1cnc2c(=O)[nH]c(N)nc21.I. The van der Waals surface area contributed by atoms with E-state index in [4.69, 9.17) is 5.73 Å². The Morgan fingerprint density at radius 3 is 2.90 bits per heavy atom. The van der Waals surface area contributed by atoms with Crippen LogP contribution in [0.3, 0.4) is 0 Å². The van der Waals surface area contributed by atoms with Crippen LogP contribution in [0.15, 0.2) is 23.3 Å². The van der Waals surface area contributed by atoms with E-state index in [2.05, 4.69) is 21.5 Å². The van der Waals surface area contributed by atoms with Crippen molar-refractivity contribution in [2.24, 2.45) is 5.92 Å². The summed E-state index contributed by atoms with van der Waals surface area (Å²) in [5, 5.41) is 19.2. The summed E-state index contributed by atoms with van der Waals surface area (Å²) in [6.07, 6.45) is 1.20. The molecule has 8 nitrogen and oxygen atoms in total. The average Bonchev–Trinajstić information content (AvgIpc) is 2.91.